The largest absolute Gasteiger partial charge is 0.378 e. The second-order valence-corrected chi connectivity index (χ2v) is 7.55. The van der Waals surface area contributed by atoms with Crippen molar-refractivity contribution in [2.24, 2.45) is 0 Å². The third-order valence-corrected chi connectivity index (χ3v) is 5.51. The van der Waals surface area contributed by atoms with Gasteiger partial charge in [-0.15, -0.1) is 11.3 Å². The second-order valence-electron chi connectivity index (χ2n) is 6.47. The van der Waals surface area contributed by atoms with Gasteiger partial charge in [-0.3, -0.25) is 4.79 Å². The molecule has 0 saturated heterocycles. The van der Waals surface area contributed by atoms with Crippen LogP contribution in [-0.4, -0.2) is 25.0 Å². The minimum absolute atomic E-state index is 0.0689. The predicted octanol–water partition coefficient (Wildman–Crippen LogP) is 4.42. The Labute approximate surface area is 158 Å². The Morgan fingerprint density at radius 2 is 1.77 bits per heavy atom. The Kier molecular flexibility index (Phi) is 5.38. The SMILES string of the molecule is Cc1ccccc1-c1nc(C)c(CNC(=O)c2ccc(N(C)C)cc2)s1. The number of aryl methyl sites for hydroxylation is 2. The molecule has 0 saturated carbocycles. The molecule has 1 N–H and O–H groups in total. The molecule has 0 aliphatic rings. The average molecular weight is 366 g/mol. The van der Waals surface area contributed by atoms with Crippen LogP contribution >= 0.6 is 11.3 Å². The fourth-order valence-corrected chi connectivity index (χ4v) is 3.79. The molecule has 0 spiro atoms. The normalized spacial score (nSPS) is 10.6. The lowest BCUT2D eigenvalue weighted by Gasteiger charge is -2.12. The van der Waals surface area contributed by atoms with Crippen molar-refractivity contribution in [2.75, 3.05) is 19.0 Å². The van der Waals surface area contributed by atoms with E-state index in [-0.39, 0.29) is 5.91 Å². The van der Waals surface area contributed by atoms with Gasteiger partial charge < -0.3 is 10.2 Å². The molecule has 1 aromatic heterocycles. The van der Waals surface area contributed by atoms with E-state index in [0.717, 1.165) is 26.8 Å². The maximum atomic E-state index is 12.4. The van der Waals surface area contributed by atoms with Gasteiger partial charge in [-0.25, -0.2) is 4.98 Å². The lowest BCUT2D eigenvalue weighted by Crippen LogP contribution is -2.22. The van der Waals surface area contributed by atoms with Crippen molar-refractivity contribution in [3.8, 4) is 10.6 Å². The topological polar surface area (TPSA) is 45.2 Å². The molecule has 0 unspecified atom stereocenters. The van der Waals surface area contributed by atoms with Crippen molar-refractivity contribution in [2.45, 2.75) is 20.4 Å². The van der Waals surface area contributed by atoms with Crippen molar-refractivity contribution in [3.05, 3.63) is 70.2 Å². The second kappa shape index (κ2) is 7.70. The Bertz CT molecular complexity index is 913. The van der Waals surface area contributed by atoms with Gasteiger partial charge in [-0.05, 0) is 43.7 Å². The quantitative estimate of drug-likeness (QED) is 0.728. The molecule has 26 heavy (non-hydrogen) atoms. The molecular formula is C21H23N3OS. The number of carbonyl (C=O) groups is 1. The van der Waals surface area contributed by atoms with Crippen LogP contribution in [-0.2, 0) is 6.54 Å². The van der Waals surface area contributed by atoms with E-state index in [2.05, 4.69) is 29.4 Å². The number of hydrogen-bond donors (Lipinski definition) is 1. The van der Waals surface area contributed by atoms with Gasteiger partial charge in [0.1, 0.15) is 5.01 Å². The maximum absolute atomic E-state index is 12.4. The van der Waals surface area contributed by atoms with Gasteiger partial charge in [0, 0.05) is 35.8 Å². The number of rotatable bonds is 5. The molecule has 1 amide bonds. The van der Waals surface area contributed by atoms with E-state index in [1.54, 1.807) is 11.3 Å². The zero-order valence-corrected chi connectivity index (χ0v) is 16.4. The summed E-state index contributed by atoms with van der Waals surface area (Å²) in [5, 5.41) is 4.00. The zero-order chi connectivity index (χ0) is 18.7. The maximum Gasteiger partial charge on any atom is 0.251 e. The number of carbonyl (C=O) groups excluding carboxylic acids is 1. The number of amides is 1. The van der Waals surface area contributed by atoms with Crippen LogP contribution in [0.4, 0.5) is 5.69 Å². The summed E-state index contributed by atoms with van der Waals surface area (Å²) in [4.78, 5) is 20.2. The molecule has 0 radical (unpaired) electrons. The fraction of sp³-hybridized carbons (Fsp3) is 0.238. The van der Waals surface area contributed by atoms with E-state index in [4.69, 9.17) is 0 Å². The molecule has 0 fully saturated rings. The predicted molar refractivity (Wildman–Crippen MR) is 109 cm³/mol. The number of nitrogens with one attached hydrogen (secondary N) is 1. The van der Waals surface area contributed by atoms with Crippen LogP contribution < -0.4 is 10.2 Å². The minimum Gasteiger partial charge on any atom is -0.378 e. The zero-order valence-electron chi connectivity index (χ0n) is 15.5. The van der Waals surface area contributed by atoms with Crippen LogP contribution in [0.5, 0.6) is 0 Å². The smallest absolute Gasteiger partial charge is 0.251 e. The molecule has 0 atom stereocenters. The van der Waals surface area contributed by atoms with Gasteiger partial charge in [0.05, 0.1) is 12.2 Å². The van der Waals surface area contributed by atoms with Crippen molar-refractivity contribution < 1.29 is 4.79 Å². The van der Waals surface area contributed by atoms with E-state index in [1.807, 2.05) is 62.3 Å². The molecule has 0 aliphatic heterocycles. The highest BCUT2D eigenvalue weighted by atomic mass is 32.1. The average Bonchev–Trinajstić information content (AvgIpc) is 3.00. The highest BCUT2D eigenvalue weighted by Gasteiger charge is 2.12. The summed E-state index contributed by atoms with van der Waals surface area (Å²) in [6.07, 6.45) is 0. The first-order valence-electron chi connectivity index (χ1n) is 8.53. The number of hydrogen-bond acceptors (Lipinski definition) is 4. The molecule has 1 heterocycles. The van der Waals surface area contributed by atoms with Crippen molar-refractivity contribution in [3.63, 3.8) is 0 Å². The number of aromatic nitrogens is 1. The standard InChI is InChI=1S/C21H23N3OS/c1-14-7-5-6-8-18(14)21-23-15(2)19(26-21)13-22-20(25)16-9-11-17(12-10-16)24(3)4/h5-12H,13H2,1-4H3,(H,22,25). The van der Waals surface area contributed by atoms with Crippen LogP contribution in [0.3, 0.4) is 0 Å². The highest BCUT2D eigenvalue weighted by Crippen LogP contribution is 2.30. The number of nitrogens with zero attached hydrogens (tertiary/aromatic N) is 2. The van der Waals surface area contributed by atoms with Crippen molar-refractivity contribution in [1.29, 1.82) is 0 Å². The summed E-state index contributed by atoms with van der Waals surface area (Å²) < 4.78 is 0. The summed E-state index contributed by atoms with van der Waals surface area (Å²) in [7, 11) is 3.96. The molecule has 5 heteroatoms. The van der Waals surface area contributed by atoms with Crippen molar-refractivity contribution >= 4 is 22.9 Å². The van der Waals surface area contributed by atoms with Gasteiger partial charge in [-0.2, -0.15) is 0 Å². The van der Waals surface area contributed by atoms with Crippen LogP contribution in [0.15, 0.2) is 48.5 Å². The van der Waals surface area contributed by atoms with Gasteiger partial charge in [0.25, 0.3) is 5.91 Å². The van der Waals surface area contributed by atoms with E-state index in [9.17, 15) is 4.79 Å². The Hall–Kier alpha value is -2.66. The molecule has 3 aromatic rings. The number of benzene rings is 2. The minimum atomic E-state index is -0.0689. The third-order valence-electron chi connectivity index (χ3n) is 4.32. The van der Waals surface area contributed by atoms with Gasteiger partial charge in [0.2, 0.25) is 0 Å². The lowest BCUT2D eigenvalue weighted by atomic mass is 10.1. The summed E-state index contributed by atoms with van der Waals surface area (Å²) in [5.41, 5.74) is 5.06. The number of anilines is 1. The summed E-state index contributed by atoms with van der Waals surface area (Å²) in [5.74, 6) is -0.0689. The molecule has 2 aromatic carbocycles. The molecule has 134 valence electrons. The monoisotopic (exact) mass is 365 g/mol. The molecule has 4 nitrogen and oxygen atoms in total. The summed E-state index contributed by atoms with van der Waals surface area (Å²) in [6.45, 7) is 4.57. The molecular weight excluding hydrogens is 342 g/mol. The third kappa shape index (κ3) is 3.94. The van der Waals surface area contributed by atoms with Crippen molar-refractivity contribution in [1.82, 2.24) is 10.3 Å². The Morgan fingerprint density at radius 3 is 2.42 bits per heavy atom. The van der Waals surface area contributed by atoms with Crippen LogP contribution in [0.2, 0.25) is 0 Å². The van der Waals surface area contributed by atoms with Gasteiger partial charge in [0.15, 0.2) is 0 Å². The van der Waals surface area contributed by atoms with E-state index >= 15 is 0 Å². The van der Waals surface area contributed by atoms with E-state index in [0.29, 0.717) is 12.1 Å². The van der Waals surface area contributed by atoms with Crippen LogP contribution in [0.25, 0.3) is 10.6 Å². The molecule has 0 aliphatic carbocycles. The van der Waals surface area contributed by atoms with E-state index in [1.165, 1.54) is 5.56 Å². The van der Waals surface area contributed by atoms with Gasteiger partial charge in [-0.1, -0.05) is 24.3 Å². The van der Waals surface area contributed by atoms with Crippen LogP contribution in [0.1, 0.15) is 26.5 Å². The number of thiazole rings is 1. The summed E-state index contributed by atoms with van der Waals surface area (Å²) in [6, 6.07) is 15.8. The first kappa shape index (κ1) is 18.1. The first-order valence-corrected chi connectivity index (χ1v) is 9.35. The molecule has 0 bridgehead atoms. The van der Waals surface area contributed by atoms with Gasteiger partial charge >= 0.3 is 0 Å². The summed E-state index contributed by atoms with van der Waals surface area (Å²) >= 11 is 1.64. The first-order chi connectivity index (χ1) is 12.5. The molecule has 3 rings (SSSR count). The van der Waals surface area contributed by atoms with Crippen LogP contribution in [0, 0.1) is 13.8 Å². The Balaban J connectivity index is 1.70. The Morgan fingerprint density at radius 1 is 1.08 bits per heavy atom. The highest BCUT2D eigenvalue weighted by molar-refractivity contribution is 7.15. The fourth-order valence-electron chi connectivity index (χ4n) is 2.69. The lowest BCUT2D eigenvalue weighted by molar-refractivity contribution is 0.0951. The van der Waals surface area contributed by atoms with E-state index < -0.39 is 0 Å².